The number of amidine groups is 1. The fraction of sp³-hybridized carbons (Fsp3) is 0.318. The van der Waals surface area contributed by atoms with Gasteiger partial charge in [0.1, 0.15) is 10.9 Å². The summed E-state index contributed by atoms with van der Waals surface area (Å²) in [6.07, 6.45) is 0.551. The number of hydrogen-bond donors (Lipinski definition) is 1. The number of carbonyl (C=O) groups is 2. The monoisotopic (exact) mass is 456 g/mol. The van der Waals surface area contributed by atoms with Crippen LogP contribution < -0.4 is 5.32 Å². The van der Waals surface area contributed by atoms with Crippen LogP contribution in [0.1, 0.15) is 19.8 Å². The molecule has 1 fully saturated rings. The van der Waals surface area contributed by atoms with Crippen LogP contribution in [0.3, 0.4) is 0 Å². The van der Waals surface area contributed by atoms with Crippen LogP contribution in [-0.2, 0) is 14.3 Å². The van der Waals surface area contributed by atoms with E-state index in [0.717, 1.165) is 11.8 Å². The van der Waals surface area contributed by atoms with Gasteiger partial charge in [0.2, 0.25) is 11.8 Å². The minimum atomic E-state index is -0.660. The molecular formula is C22H24N4O5S. The molecular weight excluding hydrogens is 432 g/mol. The van der Waals surface area contributed by atoms with Gasteiger partial charge in [-0.15, -0.1) is 0 Å². The molecule has 0 bridgehead atoms. The predicted octanol–water partition coefficient (Wildman–Crippen LogP) is 3.98. The molecule has 9 nitrogen and oxygen atoms in total. The summed E-state index contributed by atoms with van der Waals surface area (Å²) in [6, 6.07) is 15.1. The Bertz CT molecular complexity index is 999. The second-order valence-corrected chi connectivity index (χ2v) is 8.08. The van der Waals surface area contributed by atoms with Gasteiger partial charge in [-0.05, 0) is 31.5 Å². The molecule has 1 N–H and O–H groups in total. The highest BCUT2D eigenvalue weighted by molar-refractivity contribution is 8.15. The van der Waals surface area contributed by atoms with Gasteiger partial charge in [0.25, 0.3) is 5.69 Å². The average Bonchev–Trinajstić information content (AvgIpc) is 3.06. The number of nitro groups is 1. The first kappa shape index (κ1) is 23.4. The Morgan fingerprint density at radius 1 is 1.22 bits per heavy atom. The van der Waals surface area contributed by atoms with Crippen molar-refractivity contribution in [2.24, 2.45) is 4.99 Å². The lowest BCUT2D eigenvalue weighted by molar-refractivity contribution is -0.384. The highest BCUT2D eigenvalue weighted by Crippen LogP contribution is 2.34. The predicted molar refractivity (Wildman–Crippen MR) is 124 cm³/mol. The number of nitrogens with zero attached hydrogens (tertiary/aromatic N) is 3. The Morgan fingerprint density at radius 2 is 1.94 bits per heavy atom. The molecule has 0 spiro atoms. The van der Waals surface area contributed by atoms with Gasteiger partial charge in [0, 0.05) is 37.9 Å². The standard InChI is InChI=1S/C22H24N4O5S/c1-2-31-14-8-13-25-21(28)19(15-20(27)23-16-9-4-3-5-10-16)32-22(25)24-17-11-6-7-12-18(17)26(29)30/h3-7,9-12,19H,2,8,13-15H2,1H3,(H,23,27). The summed E-state index contributed by atoms with van der Waals surface area (Å²) >= 11 is 1.15. The molecule has 2 aromatic carbocycles. The third kappa shape index (κ3) is 6.14. The van der Waals surface area contributed by atoms with E-state index in [9.17, 15) is 19.7 Å². The van der Waals surface area contributed by atoms with Crippen LogP contribution in [0.4, 0.5) is 17.1 Å². The molecule has 0 aromatic heterocycles. The highest BCUT2D eigenvalue weighted by Gasteiger charge is 2.39. The Morgan fingerprint density at radius 3 is 2.66 bits per heavy atom. The maximum absolute atomic E-state index is 13.0. The van der Waals surface area contributed by atoms with Gasteiger partial charge < -0.3 is 10.1 Å². The topological polar surface area (TPSA) is 114 Å². The molecule has 1 heterocycles. The summed E-state index contributed by atoms with van der Waals surface area (Å²) in [5.41, 5.74) is 0.667. The fourth-order valence-corrected chi connectivity index (χ4v) is 4.29. The first-order chi connectivity index (χ1) is 15.5. The summed E-state index contributed by atoms with van der Waals surface area (Å²) in [6.45, 7) is 3.28. The maximum Gasteiger partial charge on any atom is 0.294 e. The lowest BCUT2D eigenvalue weighted by atomic mass is 10.2. The number of nitrogens with one attached hydrogen (secondary N) is 1. The van der Waals surface area contributed by atoms with Crippen molar-refractivity contribution in [2.45, 2.75) is 25.0 Å². The molecule has 0 radical (unpaired) electrons. The number of para-hydroxylation sites is 3. The molecule has 168 valence electrons. The van der Waals surface area contributed by atoms with E-state index in [4.69, 9.17) is 4.74 Å². The zero-order valence-electron chi connectivity index (χ0n) is 17.6. The fourth-order valence-electron chi connectivity index (χ4n) is 3.12. The second-order valence-electron chi connectivity index (χ2n) is 6.91. The van der Waals surface area contributed by atoms with E-state index in [2.05, 4.69) is 10.3 Å². The zero-order chi connectivity index (χ0) is 22.9. The molecule has 0 aliphatic carbocycles. The molecule has 0 saturated carbocycles. The van der Waals surface area contributed by atoms with E-state index in [1.165, 1.54) is 17.0 Å². The van der Waals surface area contributed by atoms with E-state index < -0.39 is 10.2 Å². The number of carbonyl (C=O) groups excluding carboxylic acids is 2. The Balaban J connectivity index is 1.78. The van der Waals surface area contributed by atoms with Gasteiger partial charge in [-0.1, -0.05) is 42.1 Å². The van der Waals surface area contributed by atoms with Crippen molar-refractivity contribution < 1.29 is 19.2 Å². The van der Waals surface area contributed by atoms with Gasteiger partial charge in [-0.25, -0.2) is 4.99 Å². The lowest BCUT2D eigenvalue weighted by Crippen LogP contribution is -2.34. The Labute approximate surface area is 190 Å². The summed E-state index contributed by atoms with van der Waals surface area (Å²) < 4.78 is 5.35. The summed E-state index contributed by atoms with van der Waals surface area (Å²) in [5, 5.41) is 13.8. The number of amides is 2. The van der Waals surface area contributed by atoms with Crippen molar-refractivity contribution in [3.05, 3.63) is 64.7 Å². The molecule has 2 amide bonds. The molecule has 1 aliphatic rings. The number of aliphatic imine (C=N–C) groups is 1. The van der Waals surface area contributed by atoms with Crippen molar-refractivity contribution in [3.8, 4) is 0 Å². The van der Waals surface area contributed by atoms with Crippen LogP contribution in [0, 0.1) is 10.1 Å². The number of anilines is 1. The van der Waals surface area contributed by atoms with Crippen LogP contribution in [-0.4, -0.2) is 51.8 Å². The molecule has 3 rings (SSSR count). The smallest absolute Gasteiger partial charge is 0.294 e. The normalized spacial score (nSPS) is 17.0. The third-order valence-electron chi connectivity index (χ3n) is 4.62. The maximum atomic E-state index is 13.0. The van der Waals surface area contributed by atoms with Crippen LogP contribution in [0.15, 0.2) is 59.6 Å². The lowest BCUT2D eigenvalue weighted by Gasteiger charge is -2.16. The van der Waals surface area contributed by atoms with Crippen molar-refractivity contribution in [2.75, 3.05) is 25.1 Å². The summed E-state index contributed by atoms with van der Waals surface area (Å²) in [4.78, 5) is 42.3. The second kappa shape index (κ2) is 11.4. The SMILES string of the molecule is CCOCCCN1C(=O)C(CC(=O)Nc2ccccc2)SC1=Nc1ccccc1[N+](=O)[O-]. The van der Waals surface area contributed by atoms with E-state index in [1.54, 1.807) is 24.3 Å². The summed E-state index contributed by atoms with van der Waals surface area (Å²) in [5.74, 6) is -0.532. The van der Waals surface area contributed by atoms with Crippen molar-refractivity contribution >= 4 is 45.8 Å². The largest absolute Gasteiger partial charge is 0.382 e. The van der Waals surface area contributed by atoms with Crippen LogP contribution >= 0.6 is 11.8 Å². The van der Waals surface area contributed by atoms with Crippen molar-refractivity contribution in [1.82, 2.24) is 4.90 Å². The first-order valence-electron chi connectivity index (χ1n) is 10.2. The molecule has 1 unspecified atom stereocenters. The molecule has 1 aliphatic heterocycles. The quantitative estimate of drug-likeness (QED) is 0.329. The van der Waals surface area contributed by atoms with Gasteiger partial charge in [-0.3, -0.25) is 24.6 Å². The first-order valence-corrected chi connectivity index (χ1v) is 11.1. The summed E-state index contributed by atoms with van der Waals surface area (Å²) in [7, 11) is 0. The number of rotatable bonds is 10. The minimum absolute atomic E-state index is 0.0315. The molecule has 32 heavy (non-hydrogen) atoms. The molecule has 1 atom stereocenters. The molecule has 1 saturated heterocycles. The average molecular weight is 457 g/mol. The van der Waals surface area contributed by atoms with Crippen LogP contribution in [0.25, 0.3) is 0 Å². The van der Waals surface area contributed by atoms with Crippen molar-refractivity contribution in [3.63, 3.8) is 0 Å². The zero-order valence-corrected chi connectivity index (χ0v) is 18.4. The third-order valence-corrected chi connectivity index (χ3v) is 5.79. The number of thioether (sulfide) groups is 1. The number of benzene rings is 2. The Hall–Kier alpha value is -3.24. The molecule has 2 aromatic rings. The Kier molecular flexibility index (Phi) is 8.34. The minimum Gasteiger partial charge on any atom is -0.382 e. The van der Waals surface area contributed by atoms with Gasteiger partial charge >= 0.3 is 0 Å². The van der Waals surface area contributed by atoms with Crippen LogP contribution in [0.2, 0.25) is 0 Å². The van der Waals surface area contributed by atoms with E-state index in [0.29, 0.717) is 37.0 Å². The van der Waals surface area contributed by atoms with Gasteiger partial charge in [-0.2, -0.15) is 0 Å². The van der Waals surface area contributed by atoms with Gasteiger partial charge in [0.15, 0.2) is 5.17 Å². The van der Waals surface area contributed by atoms with Gasteiger partial charge in [0.05, 0.1) is 4.92 Å². The van der Waals surface area contributed by atoms with E-state index in [1.807, 2.05) is 25.1 Å². The van der Waals surface area contributed by atoms with E-state index in [-0.39, 0.29) is 29.6 Å². The van der Waals surface area contributed by atoms with Crippen LogP contribution in [0.5, 0.6) is 0 Å². The number of hydrogen-bond acceptors (Lipinski definition) is 7. The molecule has 10 heteroatoms. The number of ether oxygens (including phenoxy) is 1. The highest BCUT2D eigenvalue weighted by atomic mass is 32.2. The number of nitro benzene ring substituents is 1. The van der Waals surface area contributed by atoms with Crippen molar-refractivity contribution in [1.29, 1.82) is 0 Å². The van der Waals surface area contributed by atoms with E-state index >= 15 is 0 Å².